The Morgan fingerprint density at radius 2 is 1.59 bits per heavy atom. The Kier molecular flexibility index (Phi) is 4.65. The van der Waals surface area contributed by atoms with Gasteiger partial charge in [-0.25, -0.2) is 17.8 Å². The lowest BCUT2D eigenvalue weighted by Gasteiger charge is -2.33. The Balaban J connectivity index is 1.53. The van der Waals surface area contributed by atoms with Crippen molar-refractivity contribution < 1.29 is 12.8 Å². The van der Waals surface area contributed by atoms with Gasteiger partial charge in [0.1, 0.15) is 5.82 Å². The van der Waals surface area contributed by atoms with Crippen LogP contribution >= 0.6 is 11.3 Å². The predicted octanol–water partition coefficient (Wildman–Crippen LogP) is 3.56. The zero-order valence-electron chi connectivity index (χ0n) is 15.1. The first-order valence-corrected chi connectivity index (χ1v) is 11.0. The molecule has 0 N–H and O–H groups in total. The summed E-state index contributed by atoms with van der Waals surface area (Å²) in [5, 5.41) is 0.932. The van der Waals surface area contributed by atoms with Gasteiger partial charge in [0.15, 0.2) is 5.13 Å². The van der Waals surface area contributed by atoms with Crippen molar-refractivity contribution in [1.29, 1.82) is 0 Å². The number of rotatable bonds is 3. The first kappa shape index (κ1) is 18.3. The number of hydrogen-bond donors (Lipinski definition) is 0. The molecule has 1 aliphatic rings. The summed E-state index contributed by atoms with van der Waals surface area (Å²) < 4.78 is 41.2. The number of anilines is 1. The van der Waals surface area contributed by atoms with Crippen molar-refractivity contribution in [1.82, 2.24) is 9.29 Å². The minimum atomic E-state index is -3.60. The van der Waals surface area contributed by atoms with E-state index in [4.69, 9.17) is 4.98 Å². The van der Waals surface area contributed by atoms with Gasteiger partial charge in [0, 0.05) is 26.2 Å². The largest absolute Gasteiger partial charge is 0.345 e. The summed E-state index contributed by atoms with van der Waals surface area (Å²) in [6, 6.07) is 9.16. The van der Waals surface area contributed by atoms with Crippen LogP contribution < -0.4 is 4.90 Å². The van der Waals surface area contributed by atoms with Gasteiger partial charge in [-0.15, -0.1) is 0 Å². The van der Waals surface area contributed by atoms with Crippen molar-refractivity contribution in [2.24, 2.45) is 0 Å². The molecule has 1 saturated heterocycles. The van der Waals surface area contributed by atoms with Crippen molar-refractivity contribution >= 4 is 36.7 Å². The highest BCUT2D eigenvalue weighted by molar-refractivity contribution is 7.89. The summed E-state index contributed by atoms with van der Waals surface area (Å²) in [4.78, 5) is 7.05. The van der Waals surface area contributed by atoms with Crippen LogP contribution in [0.4, 0.5) is 9.52 Å². The molecule has 0 amide bonds. The summed E-state index contributed by atoms with van der Waals surface area (Å²) in [5.41, 5.74) is 3.38. The Bertz CT molecular complexity index is 1050. The maximum absolute atomic E-state index is 13.1. The molecule has 0 aliphatic carbocycles. The van der Waals surface area contributed by atoms with E-state index in [9.17, 15) is 12.8 Å². The molecule has 3 aromatic rings. The molecule has 0 saturated carbocycles. The topological polar surface area (TPSA) is 53.5 Å². The second-order valence-electron chi connectivity index (χ2n) is 6.72. The summed E-state index contributed by atoms with van der Waals surface area (Å²) in [5.74, 6) is -0.444. The number of thiazole rings is 1. The van der Waals surface area contributed by atoms with Crippen molar-refractivity contribution in [2.75, 3.05) is 31.1 Å². The fraction of sp³-hybridized carbons (Fsp3) is 0.316. The molecule has 0 bridgehead atoms. The maximum atomic E-state index is 13.1. The molecule has 0 atom stereocenters. The molecule has 2 heterocycles. The van der Waals surface area contributed by atoms with Crippen LogP contribution in [0.5, 0.6) is 0 Å². The van der Waals surface area contributed by atoms with Crippen LogP contribution in [0.25, 0.3) is 10.2 Å². The minimum Gasteiger partial charge on any atom is -0.345 e. The number of aryl methyl sites for hydroxylation is 2. The lowest BCUT2D eigenvalue weighted by Crippen LogP contribution is -2.48. The third kappa shape index (κ3) is 3.33. The standard InChI is InChI=1S/C19H20FN3O2S2/c1-13-3-4-14(2)18-17(13)21-19(26-18)22-9-11-23(12-10-22)27(24,25)16-7-5-15(20)6-8-16/h3-8H,9-12H2,1-2H3. The average Bonchev–Trinajstić information content (AvgIpc) is 3.12. The zero-order chi connectivity index (χ0) is 19.2. The number of fused-ring (bicyclic) bond motifs is 1. The Morgan fingerprint density at radius 3 is 2.22 bits per heavy atom. The van der Waals surface area contributed by atoms with Gasteiger partial charge in [0.25, 0.3) is 0 Å². The summed E-state index contributed by atoms with van der Waals surface area (Å²) in [6.45, 7) is 6.06. The molecule has 5 nitrogen and oxygen atoms in total. The first-order chi connectivity index (χ1) is 12.9. The van der Waals surface area contributed by atoms with Crippen molar-refractivity contribution in [3.05, 3.63) is 53.3 Å². The van der Waals surface area contributed by atoms with Gasteiger partial charge in [0.05, 0.1) is 15.1 Å². The van der Waals surface area contributed by atoms with Gasteiger partial charge in [0.2, 0.25) is 10.0 Å². The van der Waals surface area contributed by atoms with Gasteiger partial charge >= 0.3 is 0 Å². The summed E-state index contributed by atoms with van der Waals surface area (Å²) >= 11 is 1.66. The molecule has 1 aromatic heterocycles. The van der Waals surface area contributed by atoms with Gasteiger partial charge in [-0.1, -0.05) is 23.5 Å². The average molecular weight is 406 g/mol. The monoisotopic (exact) mass is 405 g/mol. The van der Waals surface area contributed by atoms with E-state index in [0.29, 0.717) is 26.2 Å². The van der Waals surface area contributed by atoms with E-state index in [2.05, 4.69) is 30.9 Å². The Morgan fingerprint density at radius 1 is 0.963 bits per heavy atom. The van der Waals surface area contributed by atoms with E-state index in [1.807, 2.05) is 0 Å². The fourth-order valence-electron chi connectivity index (χ4n) is 3.26. The van der Waals surface area contributed by atoms with E-state index in [1.54, 1.807) is 11.3 Å². The van der Waals surface area contributed by atoms with E-state index < -0.39 is 15.8 Å². The quantitative estimate of drug-likeness (QED) is 0.669. The summed E-state index contributed by atoms with van der Waals surface area (Å²) in [6.07, 6.45) is 0. The molecule has 4 rings (SSSR count). The molecule has 1 fully saturated rings. The first-order valence-electron chi connectivity index (χ1n) is 8.74. The number of piperazine rings is 1. The molecule has 8 heteroatoms. The molecule has 1 aliphatic heterocycles. The number of hydrogen-bond acceptors (Lipinski definition) is 5. The van der Waals surface area contributed by atoms with Gasteiger partial charge in [-0.3, -0.25) is 0 Å². The second kappa shape index (κ2) is 6.85. The summed E-state index contributed by atoms with van der Waals surface area (Å²) in [7, 11) is -3.60. The molecule has 0 radical (unpaired) electrons. The highest BCUT2D eigenvalue weighted by Gasteiger charge is 2.29. The highest BCUT2D eigenvalue weighted by atomic mass is 32.2. The minimum absolute atomic E-state index is 0.128. The third-order valence-electron chi connectivity index (χ3n) is 4.89. The highest BCUT2D eigenvalue weighted by Crippen LogP contribution is 2.33. The second-order valence-corrected chi connectivity index (χ2v) is 9.63. The Labute approximate surface area is 162 Å². The van der Waals surface area contributed by atoms with Crippen molar-refractivity contribution in [2.45, 2.75) is 18.7 Å². The predicted molar refractivity (Wildman–Crippen MR) is 106 cm³/mol. The number of halogens is 1. The van der Waals surface area contributed by atoms with E-state index in [-0.39, 0.29) is 4.90 Å². The molecule has 0 unspecified atom stereocenters. The van der Waals surface area contributed by atoms with Crippen LogP contribution in [0.3, 0.4) is 0 Å². The fourth-order valence-corrected chi connectivity index (χ4v) is 5.84. The lowest BCUT2D eigenvalue weighted by atomic mass is 10.1. The van der Waals surface area contributed by atoms with Crippen LogP contribution in [0.15, 0.2) is 41.3 Å². The van der Waals surface area contributed by atoms with Crippen molar-refractivity contribution in [3.8, 4) is 0 Å². The maximum Gasteiger partial charge on any atom is 0.243 e. The van der Waals surface area contributed by atoms with Crippen LogP contribution in [-0.4, -0.2) is 43.9 Å². The van der Waals surface area contributed by atoms with Crippen LogP contribution in [-0.2, 0) is 10.0 Å². The van der Waals surface area contributed by atoms with Gasteiger partial charge in [-0.05, 0) is 49.2 Å². The molecule has 0 spiro atoms. The third-order valence-corrected chi connectivity index (χ3v) is 8.06. The number of nitrogens with zero attached hydrogens (tertiary/aromatic N) is 3. The van der Waals surface area contributed by atoms with E-state index in [1.165, 1.54) is 38.8 Å². The SMILES string of the molecule is Cc1ccc(C)c2sc(N3CCN(S(=O)(=O)c4ccc(F)cc4)CC3)nc12. The molecule has 142 valence electrons. The van der Waals surface area contributed by atoms with Crippen LogP contribution in [0.1, 0.15) is 11.1 Å². The number of aromatic nitrogens is 1. The number of benzene rings is 2. The van der Waals surface area contributed by atoms with Crippen LogP contribution in [0.2, 0.25) is 0 Å². The lowest BCUT2D eigenvalue weighted by molar-refractivity contribution is 0.385. The molecule has 2 aromatic carbocycles. The molecule has 27 heavy (non-hydrogen) atoms. The normalized spacial score (nSPS) is 16.2. The smallest absolute Gasteiger partial charge is 0.243 e. The number of sulfonamides is 1. The van der Waals surface area contributed by atoms with Gasteiger partial charge < -0.3 is 4.90 Å². The Hall–Kier alpha value is -2.03. The zero-order valence-corrected chi connectivity index (χ0v) is 16.8. The van der Waals surface area contributed by atoms with Crippen LogP contribution in [0, 0.1) is 19.7 Å². The van der Waals surface area contributed by atoms with Crippen molar-refractivity contribution in [3.63, 3.8) is 0 Å². The van der Waals surface area contributed by atoms with E-state index >= 15 is 0 Å². The van der Waals surface area contributed by atoms with Gasteiger partial charge in [-0.2, -0.15) is 4.31 Å². The van der Waals surface area contributed by atoms with E-state index in [0.717, 1.165) is 16.2 Å². The molecular formula is C19H20FN3O2S2. The molecular weight excluding hydrogens is 385 g/mol.